The molecule has 2 aromatic carbocycles. The van der Waals surface area contributed by atoms with Gasteiger partial charge in [-0.15, -0.1) is 0 Å². The molecule has 1 amide bonds. The van der Waals surface area contributed by atoms with Crippen molar-refractivity contribution in [3.8, 4) is 5.75 Å². The van der Waals surface area contributed by atoms with Crippen LogP contribution in [0.5, 0.6) is 5.75 Å². The van der Waals surface area contributed by atoms with E-state index >= 15 is 0 Å². The highest BCUT2D eigenvalue weighted by atomic mass is 16.5. The highest BCUT2D eigenvalue weighted by Gasteiger charge is 2.22. The molecule has 0 spiro atoms. The van der Waals surface area contributed by atoms with E-state index in [-0.39, 0.29) is 11.9 Å². The van der Waals surface area contributed by atoms with Crippen LogP contribution < -0.4 is 10.1 Å². The van der Waals surface area contributed by atoms with Crippen molar-refractivity contribution in [2.75, 3.05) is 0 Å². The van der Waals surface area contributed by atoms with E-state index in [4.69, 9.17) is 4.74 Å². The van der Waals surface area contributed by atoms with Gasteiger partial charge in [0, 0.05) is 0 Å². The van der Waals surface area contributed by atoms with Crippen LogP contribution in [-0.2, 0) is 4.79 Å². The molecule has 0 heterocycles. The van der Waals surface area contributed by atoms with Gasteiger partial charge in [0.1, 0.15) is 5.75 Å². The summed E-state index contributed by atoms with van der Waals surface area (Å²) in [5.74, 6) is 0.723. The maximum Gasteiger partial charge on any atom is 0.261 e. The quantitative estimate of drug-likeness (QED) is 0.768. The predicted octanol–water partition coefficient (Wildman–Crippen LogP) is 5.04. The summed E-state index contributed by atoms with van der Waals surface area (Å²) in [6, 6.07) is 14.3. The molecule has 0 aliphatic carbocycles. The van der Waals surface area contributed by atoms with Crippen LogP contribution in [0.3, 0.4) is 0 Å². The molecule has 2 atom stereocenters. The first-order chi connectivity index (χ1) is 12.0. The smallest absolute Gasteiger partial charge is 0.261 e. The third-order valence-electron chi connectivity index (χ3n) is 4.69. The van der Waals surface area contributed by atoms with Gasteiger partial charge >= 0.3 is 0 Å². The lowest BCUT2D eigenvalue weighted by atomic mass is 10.0. The number of aryl methyl sites for hydroxylation is 2. The summed E-state index contributed by atoms with van der Waals surface area (Å²) in [5.41, 5.74) is 4.59. The Kier molecular flexibility index (Phi) is 6.63. The maximum atomic E-state index is 12.7. The van der Waals surface area contributed by atoms with E-state index in [1.165, 1.54) is 11.1 Å². The number of hydrogen-bond acceptors (Lipinski definition) is 2. The van der Waals surface area contributed by atoms with Crippen molar-refractivity contribution in [1.82, 2.24) is 5.32 Å². The predicted molar refractivity (Wildman–Crippen MR) is 103 cm³/mol. The van der Waals surface area contributed by atoms with E-state index in [2.05, 4.69) is 43.4 Å². The Bertz CT molecular complexity index is 706. The summed E-state index contributed by atoms with van der Waals surface area (Å²) in [5, 5.41) is 3.14. The van der Waals surface area contributed by atoms with E-state index in [1.807, 2.05) is 39.0 Å². The van der Waals surface area contributed by atoms with Crippen molar-refractivity contribution in [2.24, 2.45) is 0 Å². The lowest BCUT2D eigenvalue weighted by Crippen LogP contribution is -2.40. The zero-order chi connectivity index (χ0) is 18.4. The molecule has 3 heteroatoms. The Balaban J connectivity index is 2.10. The fraction of sp³-hybridized carbons (Fsp3) is 0.409. The molecule has 0 fully saturated rings. The first-order valence-corrected chi connectivity index (χ1v) is 9.06. The molecular formula is C22H29NO2. The van der Waals surface area contributed by atoms with Crippen molar-refractivity contribution in [3.63, 3.8) is 0 Å². The fourth-order valence-corrected chi connectivity index (χ4v) is 2.81. The number of rotatable bonds is 7. The Hall–Kier alpha value is -2.29. The largest absolute Gasteiger partial charge is 0.480 e. The minimum atomic E-state index is -0.486. The van der Waals surface area contributed by atoms with Crippen LogP contribution in [0.25, 0.3) is 0 Å². The Labute approximate surface area is 151 Å². The van der Waals surface area contributed by atoms with Gasteiger partial charge in [-0.2, -0.15) is 0 Å². The van der Waals surface area contributed by atoms with Crippen LogP contribution in [-0.4, -0.2) is 12.0 Å². The van der Waals surface area contributed by atoms with E-state index < -0.39 is 6.10 Å². The summed E-state index contributed by atoms with van der Waals surface area (Å²) in [7, 11) is 0. The summed E-state index contributed by atoms with van der Waals surface area (Å²) in [4.78, 5) is 12.7. The summed E-state index contributed by atoms with van der Waals surface area (Å²) in [6.07, 6.45) is 0.984. The van der Waals surface area contributed by atoms with Crippen LogP contribution in [0.1, 0.15) is 55.0 Å². The first-order valence-electron chi connectivity index (χ1n) is 9.06. The molecule has 0 aliphatic heterocycles. The second-order valence-corrected chi connectivity index (χ2v) is 6.59. The Morgan fingerprint density at radius 2 is 1.68 bits per heavy atom. The molecule has 0 saturated heterocycles. The number of ether oxygens (including phenoxy) is 1. The van der Waals surface area contributed by atoms with Gasteiger partial charge in [0.2, 0.25) is 0 Å². The SMILES string of the molecule is CCC(Oc1cccc(C)c1C)C(=O)NC(CC)c1ccc(C)cc1. The van der Waals surface area contributed by atoms with Gasteiger partial charge in [0.15, 0.2) is 6.10 Å². The molecule has 0 bridgehead atoms. The molecule has 0 aliphatic rings. The molecule has 2 aromatic rings. The monoisotopic (exact) mass is 339 g/mol. The number of carbonyl (C=O) groups is 1. The van der Waals surface area contributed by atoms with Crippen LogP contribution >= 0.6 is 0 Å². The van der Waals surface area contributed by atoms with Gasteiger partial charge in [-0.1, -0.05) is 55.8 Å². The zero-order valence-electron chi connectivity index (χ0n) is 15.9. The minimum Gasteiger partial charge on any atom is -0.480 e. The van der Waals surface area contributed by atoms with E-state index in [0.29, 0.717) is 6.42 Å². The average molecular weight is 339 g/mol. The molecule has 134 valence electrons. The molecule has 0 radical (unpaired) electrons. The van der Waals surface area contributed by atoms with Gasteiger partial charge in [-0.25, -0.2) is 0 Å². The lowest BCUT2D eigenvalue weighted by molar-refractivity contribution is -0.129. The van der Waals surface area contributed by atoms with Crippen molar-refractivity contribution in [2.45, 2.75) is 59.6 Å². The fourth-order valence-electron chi connectivity index (χ4n) is 2.81. The number of hydrogen-bond donors (Lipinski definition) is 1. The lowest BCUT2D eigenvalue weighted by Gasteiger charge is -2.23. The van der Waals surface area contributed by atoms with Crippen molar-refractivity contribution in [1.29, 1.82) is 0 Å². The second kappa shape index (κ2) is 8.70. The van der Waals surface area contributed by atoms with Crippen LogP contribution in [0.15, 0.2) is 42.5 Å². The molecule has 1 N–H and O–H groups in total. The van der Waals surface area contributed by atoms with Crippen molar-refractivity contribution in [3.05, 3.63) is 64.7 Å². The third kappa shape index (κ3) is 4.85. The van der Waals surface area contributed by atoms with Gasteiger partial charge in [-0.05, 0) is 56.4 Å². The molecule has 0 aromatic heterocycles. The van der Waals surface area contributed by atoms with E-state index in [9.17, 15) is 4.79 Å². The number of amides is 1. The van der Waals surface area contributed by atoms with Gasteiger partial charge in [0.05, 0.1) is 6.04 Å². The normalized spacial score (nSPS) is 13.2. The highest BCUT2D eigenvalue weighted by molar-refractivity contribution is 5.81. The van der Waals surface area contributed by atoms with Gasteiger partial charge < -0.3 is 10.1 Å². The van der Waals surface area contributed by atoms with Crippen LogP contribution in [0.4, 0.5) is 0 Å². The average Bonchev–Trinajstić information content (AvgIpc) is 2.61. The Morgan fingerprint density at radius 3 is 2.28 bits per heavy atom. The van der Waals surface area contributed by atoms with Gasteiger partial charge in [-0.3, -0.25) is 4.79 Å². The Morgan fingerprint density at radius 1 is 1.00 bits per heavy atom. The molecule has 3 nitrogen and oxygen atoms in total. The van der Waals surface area contributed by atoms with Crippen LogP contribution in [0, 0.1) is 20.8 Å². The van der Waals surface area contributed by atoms with E-state index in [0.717, 1.165) is 23.3 Å². The standard InChI is InChI=1S/C22H29NO2/c1-6-19(18-13-11-15(3)12-14-18)23-22(24)20(7-2)25-21-10-8-9-16(4)17(21)5/h8-14,19-20H,6-7H2,1-5H3,(H,23,24). The first kappa shape index (κ1) is 19.0. The number of benzene rings is 2. The zero-order valence-corrected chi connectivity index (χ0v) is 15.9. The molecular weight excluding hydrogens is 310 g/mol. The van der Waals surface area contributed by atoms with Crippen LogP contribution in [0.2, 0.25) is 0 Å². The number of nitrogens with one attached hydrogen (secondary N) is 1. The summed E-state index contributed by atoms with van der Waals surface area (Å²) in [6.45, 7) is 10.2. The topological polar surface area (TPSA) is 38.3 Å². The van der Waals surface area contributed by atoms with E-state index in [1.54, 1.807) is 0 Å². The number of carbonyl (C=O) groups excluding carboxylic acids is 1. The minimum absolute atomic E-state index is 0.00403. The van der Waals surface area contributed by atoms with Crippen molar-refractivity contribution < 1.29 is 9.53 Å². The highest BCUT2D eigenvalue weighted by Crippen LogP contribution is 2.23. The summed E-state index contributed by atoms with van der Waals surface area (Å²) < 4.78 is 6.03. The van der Waals surface area contributed by atoms with Crippen molar-refractivity contribution >= 4 is 5.91 Å². The molecule has 2 unspecified atom stereocenters. The maximum absolute atomic E-state index is 12.7. The molecule has 2 rings (SSSR count). The third-order valence-corrected chi connectivity index (χ3v) is 4.69. The molecule has 0 saturated carbocycles. The molecule has 25 heavy (non-hydrogen) atoms. The summed E-state index contributed by atoms with van der Waals surface area (Å²) >= 11 is 0. The van der Waals surface area contributed by atoms with Gasteiger partial charge in [0.25, 0.3) is 5.91 Å². The second-order valence-electron chi connectivity index (χ2n) is 6.59.